The molecule has 1 N–H and O–H groups in total. The van der Waals surface area contributed by atoms with Crippen molar-refractivity contribution in [2.75, 3.05) is 37.0 Å². The normalized spacial score (nSPS) is 19.4. The first-order chi connectivity index (χ1) is 9.67. The van der Waals surface area contributed by atoms with Crippen LogP contribution in [0.25, 0.3) is 0 Å². The number of nitrogens with one attached hydrogen (secondary N) is 1. The van der Waals surface area contributed by atoms with Gasteiger partial charge in [0.2, 0.25) is 0 Å². The van der Waals surface area contributed by atoms with Gasteiger partial charge in [0.05, 0.1) is 6.10 Å². The van der Waals surface area contributed by atoms with Crippen molar-refractivity contribution in [3.63, 3.8) is 0 Å². The Balaban J connectivity index is 2.27. The Bertz CT molecular complexity index is 434. The number of ether oxygens (including phenoxy) is 1. The third kappa shape index (κ3) is 3.20. The summed E-state index contributed by atoms with van der Waals surface area (Å²) >= 11 is 0. The van der Waals surface area contributed by atoms with E-state index in [1.165, 1.54) is 5.56 Å². The number of nitrogens with zero attached hydrogens (tertiary/aromatic N) is 3. The van der Waals surface area contributed by atoms with E-state index in [1.807, 2.05) is 7.05 Å². The molecule has 112 valence electrons. The lowest BCUT2D eigenvalue weighted by atomic mass is 10.0. The van der Waals surface area contributed by atoms with E-state index in [-0.39, 0.29) is 0 Å². The lowest BCUT2D eigenvalue weighted by Crippen LogP contribution is -2.40. The maximum absolute atomic E-state index is 5.79. The fourth-order valence-electron chi connectivity index (χ4n) is 2.87. The Labute approximate surface area is 121 Å². The highest BCUT2D eigenvalue weighted by molar-refractivity contribution is 5.60. The van der Waals surface area contributed by atoms with Crippen LogP contribution in [-0.4, -0.2) is 42.8 Å². The molecule has 1 aliphatic rings. The van der Waals surface area contributed by atoms with E-state index in [0.717, 1.165) is 44.2 Å². The molecule has 0 aliphatic carbocycles. The number of hydrogen-bond acceptors (Lipinski definition) is 5. The van der Waals surface area contributed by atoms with Gasteiger partial charge in [-0.2, -0.15) is 0 Å². The molecule has 1 aromatic heterocycles. The van der Waals surface area contributed by atoms with Gasteiger partial charge in [-0.25, -0.2) is 9.97 Å². The van der Waals surface area contributed by atoms with E-state index in [2.05, 4.69) is 41.0 Å². The molecular formula is C15H26N4O. The highest BCUT2D eigenvalue weighted by Gasteiger charge is 2.25. The summed E-state index contributed by atoms with van der Waals surface area (Å²) in [5.74, 6) is 2.38. The Morgan fingerprint density at radius 3 is 2.90 bits per heavy atom. The third-order valence-electron chi connectivity index (χ3n) is 3.76. The summed E-state index contributed by atoms with van der Waals surface area (Å²) in [6, 6.07) is 0. The van der Waals surface area contributed by atoms with Crippen molar-refractivity contribution in [1.82, 2.24) is 9.97 Å². The molecule has 1 fully saturated rings. The average molecular weight is 278 g/mol. The van der Waals surface area contributed by atoms with Crippen LogP contribution in [0.1, 0.15) is 45.1 Å². The molecule has 1 atom stereocenters. The summed E-state index contributed by atoms with van der Waals surface area (Å²) < 4.78 is 5.79. The minimum absolute atomic E-state index is 0.321. The second-order valence-corrected chi connectivity index (χ2v) is 5.53. The van der Waals surface area contributed by atoms with Crippen molar-refractivity contribution in [1.29, 1.82) is 0 Å². The van der Waals surface area contributed by atoms with Gasteiger partial charge in [0.1, 0.15) is 18.0 Å². The Morgan fingerprint density at radius 1 is 1.45 bits per heavy atom. The van der Waals surface area contributed by atoms with Crippen LogP contribution in [-0.2, 0) is 4.74 Å². The zero-order chi connectivity index (χ0) is 14.5. The van der Waals surface area contributed by atoms with Gasteiger partial charge >= 0.3 is 0 Å². The zero-order valence-electron chi connectivity index (χ0n) is 13.0. The quantitative estimate of drug-likeness (QED) is 0.897. The van der Waals surface area contributed by atoms with Crippen LogP contribution in [0, 0.1) is 0 Å². The summed E-state index contributed by atoms with van der Waals surface area (Å²) in [5, 5.41) is 3.18. The second-order valence-electron chi connectivity index (χ2n) is 5.53. The highest BCUT2D eigenvalue weighted by atomic mass is 16.5. The number of aromatic nitrogens is 2. The summed E-state index contributed by atoms with van der Waals surface area (Å²) in [4.78, 5) is 11.2. The standard InChI is InChI=1S/C15H26N4O/c1-5-20-12-7-6-8-19(9-12)15-13(11(2)3)14(16-4)17-10-18-15/h10-12H,5-9H2,1-4H3,(H,16,17,18). The molecule has 5 heteroatoms. The van der Waals surface area contributed by atoms with Crippen molar-refractivity contribution in [2.45, 2.75) is 45.6 Å². The van der Waals surface area contributed by atoms with Crippen LogP contribution < -0.4 is 10.2 Å². The van der Waals surface area contributed by atoms with Crippen LogP contribution in [0.4, 0.5) is 11.6 Å². The molecule has 1 aliphatic heterocycles. The molecule has 1 aromatic rings. The van der Waals surface area contributed by atoms with Crippen LogP contribution in [0.3, 0.4) is 0 Å². The highest BCUT2D eigenvalue weighted by Crippen LogP contribution is 2.32. The lowest BCUT2D eigenvalue weighted by Gasteiger charge is -2.35. The van der Waals surface area contributed by atoms with Crippen molar-refractivity contribution in [2.24, 2.45) is 0 Å². The molecular weight excluding hydrogens is 252 g/mol. The van der Waals surface area contributed by atoms with E-state index < -0.39 is 0 Å². The monoisotopic (exact) mass is 278 g/mol. The number of rotatable bonds is 5. The Morgan fingerprint density at radius 2 is 2.25 bits per heavy atom. The van der Waals surface area contributed by atoms with Crippen molar-refractivity contribution < 1.29 is 4.74 Å². The summed E-state index contributed by atoms with van der Waals surface area (Å²) in [7, 11) is 1.91. The SMILES string of the molecule is CCOC1CCCN(c2ncnc(NC)c2C(C)C)C1. The fourth-order valence-corrected chi connectivity index (χ4v) is 2.87. The van der Waals surface area contributed by atoms with Crippen LogP contribution >= 0.6 is 0 Å². The molecule has 20 heavy (non-hydrogen) atoms. The number of hydrogen-bond donors (Lipinski definition) is 1. The smallest absolute Gasteiger partial charge is 0.137 e. The first kappa shape index (κ1) is 15.0. The molecule has 5 nitrogen and oxygen atoms in total. The molecule has 2 heterocycles. The van der Waals surface area contributed by atoms with Gasteiger partial charge in [0.15, 0.2) is 0 Å². The van der Waals surface area contributed by atoms with Crippen LogP contribution in [0.5, 0.6) is 0 Å². The second kappa shape index (κ2) is 6.88. The lowest BCUT2D eigenvalue weighted by molar-refractivity contribution is 0.0524. The maximum atomic E-state index is 5.79. The molecule has 1 unspecified atom stereocenters. The summed E-state index contributed by atoms with van der Waals surface area (Å²) in [5.41, 5.74) is 1.20. The molecule has 2 rings (SSSR count). The predicted octanol–water partition coefficient (Wildman–Crippen LogP) is 2.65. The molecule has 0 spiro atoms. The zero-order valence-corrected chi connectivity index (χ0v) is 13.0. The number of piperidine rings is 1. The maximum Gasteiger partial charge on any atom is 0.137 e. The van der Waals surface area contributed by atoms with Crippen LogP contribution in [0.15, 0.2) is 6.33 Å². The molecule has 0 aromatic carbocycles. The summed E-state index contributed by atoms with van der Waals surface area (Å²) in [6.45, 7) is 9.18. The van der Waals surface area contributed by atoms with Gasteiger partial charge in [0, 0.05) is 32.3 Å². The Hall–Kier alpha value is -1.36. The minimum atomic E-state index is 0.321. The first-order valence-electron chi connectivity index (χ1n) is 7.56. The molecule has 1 saturated heterocycles. The average Bonchev–Trinajstić information content (AvgIpc) is 2.47. The minimum Gasteiger partial charge on any atom is -0.377 e. The van der Waals surface area contributed by atoms with E-state index in [4.69, 9.17) is 4.74 Å². The topological polar surface area (TPSA) is 50.3 Å². The van der Waals surface area contributed by atoms with Gasteiger partial charge in [-0.15, -0.1) is 0 Å². The fraction of sp³-hybridized carbons (Fsp3) is 0.733. The van der Waals surface area contributed by atoms with Crippen molar-refractivity contribution in [3.8, 4) is 0 Å². The van der Waals surface area contributed by atoms with E-state index in [1.54, 1.807) is 6.33 Å². The largest absolute Gasteiger partial charge is 0.377 e. The van der Waals surface area contributed by atoms with Gasteiger partial charge in [-0.05, 0) is 25.7 Å². The van der Waals surface area contributed by atoms with Gasteiger partial charge in [0.25, 0.3) is 0 Å². The Kier molecular flexibility index (Phi) is 5.17. The first-order valence-corrected chi connectivity index (χ1v) is 7.56. The van der Waals surface area contributed by atoms with Gasteiger partial charge in [-0.1, -0.05) is 13.8 Å². The van der Waals surface area contributed by atoms with Gasteiger partial charge < -0.3 is 15.0 Å². The molecule has 0 saturated carbocycles. The van der Waals surface area contributed by atoms with E-state index >= 15 is 0 Å². The third-order valence-corrected chi connectivity index (χ3v) is 3.76. The molecule has 0 amide bonds. The summed E-state index contributed by atoms with van der Waals surface area (Å²) in [6.07, 6.45) is 4.27. The van der Waals surface area contributed by atoms with E-state index in [0.29, 0.717) is 12.0 Å². The van der Waals surface area contributed by atoms with Crippen LogP contribution in [0.2, 0.25) is 0 Å². The van der Waals surface area contributed by atoms with Crippen molar-refractivity contribution >= 4 is 11.6 Å². The van der Waals surface area contributed by atoms with Gasteiger partial charge in [-0.3, -0.25) is 0 Å². The number of anilines is 2. The molecule has 0 radical (unpaired) electrons. The van der Waals surface area contributed by atoms with Crippen molar-refractivity contribution in [3.05, 3.63) is 11.9 Å². The predicted molar refractivity (Wildman–Crippen MR) is 82.5 cm³/mol. The van der Waals surface area contributed by atoms with E-state index in [9.17, 15) is 0 Å². The molecule has 0 bridgehead atoms.